The number of carbonyl (C=O) groups is 3. The number of rotatable bonds is 3. The number of benzene rings is 1. The monoisotopic (exact) mass is 316 g/mol. The van der Waals surface area contributed by atoms with Gasteiger partial charge in [0.1, 0.15) is 12.4 Å². The second-order valence-corrected chi connectivity index (χ2v) is 5.93. The minimum Gasteiger partial charge on any atom is -0.324 e. The second-order valence-electron chi connectivity index (χ2n) is 5.93. The Kier molecular flexibility index (Phi) is 3.98. The maximum absolute atomic E-state index is 13.1. The fourth-order valence-corrected chi connectivity index (χ4v) is 3.13. The molecule has 0 spiro atoms. The Morgan fingerprint density at radius 3 is 2.39 bits per heavy atom. The smallest absolute Gasteiger partial charge is 0.244 e. The van der Waals surface area contributed by atoms with E-state index in [4.69, 9.17) is 0 Å². The number of likely N-dealkylation sites (tertiary alicyclic amines) is 1. The quantitative estimate of drug-likeness (QED) is 0.685. The fourth-order valence-electron chi connectivity index (χ4n) is 3.13. The number of aryl methyl sites for hydroxylation is 1. The summed E-state index contributed by atoms with van der Waals surface area (Å²) in [6.07, 6.45) is 4.89. The first-order chi connectivity index (χ1) is 11.0. The van der Waals surface area contributed by atoms with Crippen LogP contribution in [0.3, 0.4) is 0 Å². The number of anilines is 1. The summed E-state index contributed by atoms with van der Waals surface area (Å²) in [5.41, 5.74) is 1.05. The average Bonchev–Trinajstić information content (AvgIpc) is 2.76. The van der Waals surface area contributed by atoms with Crippen molar-refractivity contribution in [2.45, 2.75) is 19.8 Å². The zero-order chi connectivity index (χ0) is 16.6. The normalized spacial score (nSPS) is 23.1. The highest BCUT2D eigenvalue weighted by Gasteiger charge is 2.47. The van der Waals surface area contributed by atoms with Gasteiger partial charge in [-0.05, 0) is 43.5 Å². The molecule has 1 aliphatic carbocycles. The van der Waals surface area contributed by atoms with Gasteiger partial charge < -0.3 is 5.32 Å². The number of nitrogens with zero attached hydrogens (tertiary/aromatic N) is 1. The highest BCUT2D eigenvalue weighted by molar-refractivity contribution is 6.08. The van der Waals surface area contributed by atoms with E-state index < -0.39 is 5.91 Å². The van der Waals surface area contributed by atoms with Crippen molar-refractivity contribution in [3.8, 4) is 0 Å². The van der Waals surface area contributed by atoms with Gasteiger partial charge in [-0.15, -0.1) is 0 Å². The summed E-state index contributed by atoms with van der Waals surface area (Å²) in [5.74, 6) is -2.10. The van der Waals surface area contributed by atoms with Gasteiger partial charge >= 0.3 is 0 Å². The highest BCUT2D eigenvalue weighted by atomic mass is 19.1. The summed E-state index contributed by atoms with van der Waals surface area (Å²) < 4.78 is 13.1. The third-order valence-corrected chi connectivity index (χ3v) is 4.36. The molecule has 2 aliphatic rings. The van der Waals surface area contributed by atoms with Crippen LogP contribution in [0.25, 0.3) is 0 Å². The Labute approximate surface area is 133 Å². The molecule has 0 aromatic heterocycles. The Morgan fingerprint density at radius 2 is 1.83 bits per heavy atom. The number of carbonyl (C=O) groups excluding carboxylic acids is 3. The van der Waals surface area contributed by atoms with Gasteiger partial charge in [-0.3, -0.25) is 19.3 Å². The van der Waals surface area contributed by atoms with Crippen molar-refractivity contribution in [1.82, 2.24) is 4.90 Å². The molecule has 0 radical (unpaired) electrons. The van der Waals surface area contributed by atoms with Gasteiger partial charge in [-0.1, -0.05) is 12.2 Å². The van der Waals surface area contributed by atoms with Crippen LogP contribution in [0, 0.1) is 24.6 Å². The molecule has 1 saturated heterocycles. The molecule has 0 unspecified atom stereocenters. The second kappa shape index (κ2) is 5.95. The first-order valence-corrected chi connectivity index (χ1v) is 7.53. The molecule has 2 atom stereocenters. The fraction of sp³-hybridized carbons (Fsp3) is 0.353. The number of allylic oxidation sites excluding steroid dienone is 2. The van der Waals surface area contributed by atoms with E-state index in [-0.39, 0.29) is 36.0 Å². The van der Waals surface area contributed by atoms with Crippen LogP contribution in [0.15, 0.2) is 30.4 Å². The molecule has 1 aromatic carbocycles. The van der Waals surface area contributed by atoms with Crippen molar-refractivity contribution in [2.75, 3.05) is 11.9 Å². The highest BCUT2D eigenvalue weighted by Crippen LogP contribution is 2.34. The molecule has 1 fully saturated rings. The van der Waals surface area contributed by atoms with Gasteiger partial charge in [0.15, 0.2) is 0 Å². The van der Waals surface area contributed by atoms with Crippen LogP contribution in [-0.2, 0) is 14.4 Å². The summed E-state index contributed by atoms with van der Waals surface area (Å²) in [6, 6.07) is 4.01. The van der Waals surface area contributed by atoms with Gasteiger partial charge in [0, 0.05) is 5.69 Å². The number of imide groups is 1. The molecule has 6 heteroatoms. The summed E-state index contributed by atoms with van der Waals surface area (Å²) in [7, 11) is 0. The van der Waals surface area contributed by atoms with Crippen LogP contribution >= 0.6 is 0 Å². The van der Waals surface area contributed by atoms with E-state index in [1.54, 1.807) is 6.92 Å². The third kappa shape index (κ3) is 2.88. The van der Waals surface area contributed by atoms with Gasteiger partial charge in [0.2, 0.25) is 17.7 Å². The summed E-state index contributed by atoms with van der Waals surface area (Å²) >= 11 is 0. The molecule has 1 N–H and O–H groups in total. The van der Waals surface area contributed by atoms with Crippen molar-refractivity contribution in [2.24, 2.45) is 11.8 Å². The van der Waals surface area contributed by atoms with E-state index >= 15 is 0 Å². The Balaban J connectivity index is 1.68. The van der Waals surface area contributed by atoms with Crippen molar-refractivity contribution >= 4 is 23.4 Å². The predicted molar refractivity (Wildman–Crippen MR) is 81.8 cm³/mol. The molecule has 23 heavy (non-hydrogen) atoms. The molecular formula is C17H17FN2O3. The molecule has 120 valence electrons. The summed E-state index contributed by atoms with van der Waals surface area (Å²) in [4.78, 5) is 37.8. The number of nitrogens with one attached hydrogen (secondary N) is 1. The van der Waals surface area contributed by atoms with Gasteiger partial charge in [0.05, 0.1) is 11.8 Å². The standard InChI is InChI=1S/C17H17FN2O3/c1-10-8-11(18)6-7-14(10)19-15(21)9-20-16(22)12-4-2-3-5-13(12)17(20)23/h2-3,6-8,12-13H,4-5,9H2,1H3,(H,19,21)/t12-,13-/m1/s1. The van der Waals surface area contributed by atoms with Gasteiger partial charge in [-0.25, -0.2) is 4.39 Å². The zero-order valence-corrected chi connectivity index (χ0v) is 12.7. The first-order valence-electron chi connectivity index (χ1n) is 7.53. The van der Waals surface area contributed by atoms with E-state index in [2.05, 4.69) is 5.32 Å². The Bertz CT molecular complexity index is 688. The molecule has 0 saturated carbocycles. The van der Waals surface area contributed by atoms with E-state index in [1.807, 2.05) is 12.2 Å². The lowest BCUT2D eigenvalue weighted by atomic mass is 9.85. The molecular weight excluding hydrogens is 299 g/mol. The lowest BCUT2D eigenvalue weighted by molar-refractivity contribution is -0.142. The summed E-state index contributed by atoms with van der Waals surface area (Å²) in [5, 5.41) is 2.62. The molecule has 3 rings (SSSR count). The van der Waals surface area contributed by atoms with Gasteiger partial charge in [-0.2, -0.15) is 0 Å². The third-order valence-electron chi connectivity index (χ3n) is 4.36. The molecule has 1 aromatic rings. The number of fused-ring (bicyclic) bond motifs is 1. The van der Waals surface area contributed by atoms with Crippen LogP contribution in [0.4, 0.5) is 10.1 Å². The molecule has 0 bridgehead atoms. The van der Waals surface area contributed by atoms with Gasteiger partial charge in [0.25, 0.3) is 0 Å². The van der Waals surface area contributed by atoms with Crippen LogP contribution in [0.5, 0.6) is 0 Å². The lowest BCUT2D eigenvalue weighted by Gasteiger charge is -2.15. The van der Waals surface area contributed by atoms with Crippen molar-refractivity contribution < 1.29 is 18.8 Å². The van der Waals surface area contributed by atoms with E-state index in [1.165, 1.54) is 18.2 Å². The van der Waals surface area contributed by atoms with Crippen LogP contribution in [-0.4, -0.2) is 29.2 Å². The number of halogens is 1. The summed E-state index contributed by atoms with van der Waals surface area (Å²) in [6.45, 7) is 1.37. The van der Waals surface area contributed by atoms with E-state index in [0.717, 1.165) is 4.90 Å². The lowest BCUT2D eigenvalue weighted by Crippen LogP contribution is -2.38. The number of hydrogen-bond acceptors (Lipinski definition) is 3. The van der Waals surface area contributed by atoms with Crippen LogP contribution < -0.4 is 5.32 Å². The zero-order valence-electron chi connectivity index (χ0n) is 12.7. The van der Waals surface area contributed by atoms with Crippen LogP contribution in [0.1, 0.15) is 18.4 Å². The number of amides is 3. The minimum atomic E-state index is -0.465. The molecule has 1 heterocycles. The molecule has 5 nitrogen and oxygen atoms in total. The maximum atomic E-state index is 13.1. The first kappa shape index (κ1) is 15.4. The Morgan fingerprint density at radius 1 is 1.22 bits per heavy atom. The molecule has 3 amide bonds. The maximum Gasteiger partial charge on any atom is 0.244 e. The average molecular weight is 316 g/mol. The molecule has 1 aliphatic heterocycles. The minimum absolute atomic E-state index is 0.282. The number of hydrogen-bond donors (Lipinski definition) is 1. The predicted octanol–water partition coefficient (Wildman–Crippen LogP) is 2.02. The van der Waals surface area contributed by atoms with Crippen molar-refractivity contribution in [3.05, 3.63) is 41.7 Å². The van der Waals surface area contributed by atoms with E-state index in [9.17, 15) is 18.8 Å². The van der Waals surface area contributed by atoms with Crippen molar-refractivity contribution in [1.29, 1.82) is 0 Å². The van der Waals surface area contributed by atoms with Crippen LogP contribution in [0.2, 0.25) is 0 Å². The topological polar surface area (TPSA) is 66.5 Å². The SMILES string of the molecule is Cc1cc(F)ccc1NC(=O)CN1C(=O)[C@@H]2CC=CC[C@H]2C1=O. The Hall–Kier alpha value is -2.50. The van der Waals surface area contributed by atoms with Crippen molar-refractivity contribution in [3.63, 3.8) is 0 Å². The van der Waals surface area contributed by atoms with E-state index in [0.29, 0.717) is 24.1 Å². The largest absolute Gasteiger partial charge is 0.324 e.